The van der Waals surface area contributed by atoms with Gasteiger partial charge < -0.3 is 20.1 Å². The number of rotatable bonds is 3. The van der Waals surface area contributed by atoms with Gasteiger partial charge in [-0.25, -0.2) is 0 Å². The highest BCUT2D eigenvalue weighted by molar-refractivity contribution is 5.95. The number of nitrogens with zero attached hydrogens (tertiary/aromatic N) is 1. The van der Waals surface area contributed by atoms with Crippen LogP contribution < -0.4 is 5.32 Å². The lowest BCUT2D eigenvalue weighted by Crippen LogP contribution is -2.52. The van der Waals surface area contributed by atoms with Gasteiger partial charge in [-0.1, -0.05) is 0 Å². The Balaban J connectivity index is 2.19. The van der Waals surface area contributed by atoms with E-state index in [2.05, 4.69) is 5.32 Å². The summed E-state index contributed by atoms with van der Waals surface area (Å²) in [5.74, 6) is -0.00926. The van der Waals surface area contributed by atoms with Crippen LogP contribution in [0.3, 0.4) is 0 Å². The number of anilines is 1. The van der Waals surface area contributed by atoms with Gasteiger partial charge in [-0.2, -0.15) is 0 Å². The van der Waals surface area contributed by atoms with E-state index in [9.17, 15) is 9.90 Å². The summed E-state index contributed by atoms with van der Waals surface area (Å²) < 4.78 is 5.46. The van der Waals surface area contributed by atoms with Crippen molar-refractivity contribution < 1.29 is 14.6 Å². The summed E-state index contributed by atoms with van der Waals surface area (Å²) >= 11 is 0. The fourth-order valence-corrected chi connectivity index (χ4v) is 2.45. The Morgan fingerprint density at radius 1 is 1.55 bits per heavy atom. The molecule has 1 saturated heterocycles. The van der Waals surface area contributed by atoms with Crippen LogP contribution in [0.2, 0.25) is 0 Å². The molecule has 2 atom stereocenters. The van der Waals surface area contributed by atoms with Crippen LogP contribution in [0.1, 0.15) is 22.8 Å². The topological polar surface area (TPSA) is 61.8 Å². The number of hydrogen-bond acceptors (Lipinski definition) is 4. The molecule has 1 amide bonds. The van der Waals surface area contributed by atoms with E-state index >= 15 is 0 Å². The highest BCUT2D eigenvalue weighted by Crippen LogP contribution is 2.20. The fraction of sp³-hybridized carbons (Fsp3) is 0.533. The Morgan fingerprint density at radius 3 is 2.90 bits per heavy atom. The van der Waals surface area contributed by atoms with E-state index in [-0.39, 0.29) is 24.7 Å². The molecule has 0 saturated carbocycles. The van der Waals surface area contributed by atoms with E-state index in [1.165, 1.54) is 0 Å². The van der Waals surface area contributed by atoms with E-state index < -0.39 is 0 Å². The lowest BCUT2D eigenvalue weighted by molar-refractivity contribution is -0.0667. The number of aliphatic hydroxyl groups is 1. The highest BCUT2D eigenvalue weighted by Gasteiger charge is 2.29. The summed E-state index contributed by atoms with van der Waals surface area (Å²) in [7, 11) is 1.86. The molecule has 2 N–H and O–H groups in total. The third-order valence-corrected chi connectivity index (χ3v) is 3.71. The predicted molar refractivity (Wildman–Crippen MR) is 78.1 cm³/mol. The summed E-state index contributed by atoms with van der Waals surface area (Å²) in [5.41, 5.74) is 2.73. The second-order valence-electron chi connectivity index (χ2n) is 5.22. The van der Waals surface area contributed by atoms with Crippen LogP contribution in [0.15, 0.2) is 18.2 Å². The van der Waals surface area contributed by atoms with Crippen LogP contribution >= 0.6 is 0 Å². The van der Waals surface area contributed by atoms with Crippen molar-refractivity contribution in [2.45, 2.75) is 26.0 Å². The number of carbonyl (C=O) groups excluding carboxylic acids is 1. The van der Waals surface area contributed by atoms with Crippen molar-refractivity contribution in [3.05, 3.63) is 29.3 Å². The summed E-state index contributed by atoms with van der Waals surface area (Å²) in [5, 5.41) is 12.3. The molecule has 2 rings (SSSR count). The van der Waals surface area contributed by atoms with Crippen molar-refractivity contribution in [3.8, 4) is 0 Å². The van der Waals surface area contributed by atoms with Gasteiger partial charge >= 0.3 is 0 Å². The van der Waals surface area contributed by atoms with Crippen molar-refractivity contribution >= 4 is 11.6 Å². The quantitative estimate of drug-likeness (QED) is 0.874. The average molecular weight is 278 g/mol. The first-order valence-electron chi connectivity index (χ1n) is 6.88. The summed E-state index contributed by atoms with van der Waals surface area (Å²) in [6, 6.07) is 5.66. The van der Waals surface area contributed by atoms with E-state index in [1.54, 1.807) is 4.90 Å². The molecule has 1 aromatic rings. The van der Waals surface area contributed by atoms with Gasteiger partial charge in [0.05, 0.1) is 25.4 Å². The Hall–Kier alpha value is -1.59. The monoisotopic (exact) mass is 278 g/mol. The number of amides is 1. The molecule has 1 aliphatic rings. The molecule has 0 spiro atoms. The molecule has 20 heavy (non-hydrogen) atoms. The van der Waals surface area contributed by atoms with Crippen LogP contribution in [-0.2, 0) is 4.74 Å². The number of benzene rings is 1. The number of nitrogens with one attached hydrogen (secondary N) is 1. The summed E-state index contributed by atoms with van der Waals surface area (Å²) in [4.78, 5) is 14.4. The molecular weight excluding hydrogens is 256 g/mol. The second kappa shape index (κ2) is 6.24. The molecule has 5 nitrogen and oxygen atoms in total. The first-order valence-corrected chi connectivity index (χ1v) is 6.88. The van der Waals surface area contributed by atoms with Crippen molar-refractivity contribution in [2.75, 3.05) is 32.1 Å². The van der Waals surface area contributed by atoms with Crippen LogP contribution in [0, 0.1) is 6.92 Å². The van der Waals surface area contributed by atoms with Gasteiger partial charge in [-0.05, 0) is 37.6 Å². The Morgan fingerprint density at radius 2 is 2.30 bits per heavy atom. The highest BCUT2D eigenvalue weighted by atomic mass is 16.5. The zero-order valence-electron chi connectivity index (χ0n) is 12.2. The maximum atomic E-state index is 12.6. The van der Waals surface area contributed by atoms with Gasteiger partial charge in [0.1, 0.15) is 0 Å². The molecule has 0 aromatic heterocycles. The zero-order chi connectivity index (χ0) is 14.7. The number of carbonyl (C=O) groups is 1. The minimum absolute atomic E-state index is 0.00926. The number of aryl methyl sites for hydroxylation is 1. The maximum Gasteiger partial charge on any atom is 0.254 e. The van der Waals surface area contributed by atoms with Gasteiger partial charge in [0.25, 0.3) is 5.91 Å². The molecule has 0 aliphatic carbocycles. The molecule has 0 radical (unpaired) electrons. The third kappa shape index (κ3) is 2.94. The molecule has 1 aromatic carbocycles. The Bertz CT molecular complexity index is 490. The number of aliphatic hydroxyl groups excluding tert-OH is 1. The molecule has 0 bridgehead atoms. The fourth-order valence-electron chi connectivity index (χ4n) is 2.45. The van der Waals surface area contributed by atoms with E-state index in [1.807, 2.05) is 39.1 Å². The molecular formula is C15H22N2O3. The molecule has 1 aliphatic heterocycles. The summed E-state index contributed by atoms with van der Waals surface area (Å²) in [6.45, 7) is 4.77. The van der Waals surface area contributed by atoms with Gasteiger partial charge in [0.15, 0.2) is 0 Å². The van der Waals surface area contributed by atoms with Crippen molar-refractivity contribution in [2.24, 2.45) is 0 Å². The third-order valence-electron chi connectivity index (χ3n) is 3.71. The zero-order valence-corrected chi connectivity index (χ0v) is 12.2. The standard InChI is InChI=1S/C15H22N2O3/c1-10-6-12(4-5-14(10)16-3)15(19)17-7-13(8-18)20-9-11(17)2/h4-6,11,13,16,18H,7-9H2,1-3H3. The van der Waals surface area contributed by atoms with Crippen LogP contribution in [0.4, 0.5) is 5.69 Å². The smallest absolute Gasteiger partial charge is 0.254 e. The molecule has 110 valence electrons. The normalized spacial score (nSPS) is 22.7. The molecule has 1 fully saturated rings. The number of morpholine rings is 1. The van der Waals surface area contributed by atoms with Crippen LogP contribution in [0.25, 0.3) is 0 Å². The Kier molecular flexibility index (Phi) is 4.62. The van der Waals surface area contributed by atoms with Gasteiger partial charge in [0, 0.05) is 24.8 Å². The number of hydrogen-bond donors (Lipinski definition) is 2. The van der Waals surface area contributed by atoms with E-state index in [4.69, 9.17) is 4.74 Å². The molecule has 5 heteroatoms. The van der Waals surface area contributed by atoms with E-state index in [0.29, 0.717) is 18.7 Å². The van der Waals surface area contributed by atoms with E-state index in [0.717, 1.165) is 11.3 Å². The SMILES string of the molecule is CNc1ccc(C(=O)N2CC(CO)OCC2C)cc1C. The minimum Gasteiger partial charge on any atom is -0.394 e. The van der Waals surface area contributed by atoms with Gasteiger partial charge in [0.2, 0.25) is 0 Å². The van der Waals surface area contributed by atoms with Crippen LogP contribution in [-0.4, -0.2) is 54.9 Å². The largest absolute Gasteiger partial charge is 0.394 e. The molecule has 2 unspecified atom stereocenters. The Labute approximate surface area is 119 Å². The lowest BCUT2D eigenvalue weighted by Gasteiger charge is -2.37. The minimum atomic E-state index is -0.284. The second-order valence-corrected chi connectivity index (χ2v) is 5.22. The van der Waals surface area contributed by atoms with Crippen molar-refractivity contribution in [1.82, 2.24) is 4.90 Å². The average Bonchev–Trinajstić information content (AvgIpc) is 2.47. The van der Waals surface area contributed by atoms with Crippen molar-refractivity contribution in [1.29, 1.82) is 0 Å². The first-order chi connectivity index (χ1) is 9.56. The predicted octanol–water partition coefficient (Wildman–Crippen LogP) is 1.26. The lowest BCUT2D eigenvalue weighted by atomic mass is 10.1. The van der Waals surface area contributed by atoms with Gasteiger partial charge in [-0.15, -0.1) is 0 Å². The maximum absolute atomic E-state index is 12.6. The van der Waals surface area contributed by atoms with Crippen LogP contribution in [0.5, 0.6) is 0 Å². The number of ether oxygens (including phenoxy) is 1. The molecule has 1 heterocycles. The van der Waals surface area contributed by atoms with Gasteiger partial charge in [-0.3, -0.25) is 4.79 Å². The first kappa shape index (κ1) is 14.8. The summed E-state index contributed by atoms with van der Waals surface area (Å²) in [6.07, 6.45) is -0.284. The van der Waals surface area contributed by atoms with Crippen molar-refractivity contribution in [3.63, 3.8) is 0 Å².